The van der Waals surface area contributed by atoms with Crippen molar-refractivity contribution in [1.29, 1.82) is 0 Å². The van der Waals surface area contributed by atoms with Crippen molar-refractivity contribution >= 4 is 11.8 Å². The maximum Gasteiger partial charge on any atom is 0.224 e. The van der Waals surface area contributed by atoms with Crippen molar-refractivity contribution in [3.8, 4) is 0 Å². The predicted octanol–water partition coefficient (Wildman–Crippen LogP) is -0.776. The fourth-order valence-electron chi connectivity index (χ4n) is 1.03. The van der Waals surface area contributed by atoms with E-state index in [1.165, 1.54) is 0 Å². The number of hydrogen-bond acceptors (Lipinski definition) is 3. The van der Waals surface area contributed by atoms with Crippen molar-refractivity contribution in [1.82, 2.24) is 10.6 Å². The smallest absolute Gasteiger partial charge is 0.224 e. The number of nitrogens with one attached hydrogen (secondary N) is 2. The Bertz CT molecular complexity index is 190. The molecule has 0 rings (SSSR count). The highest BCUT2D eigenvalue weighted by Crippen LogP contribution is 1.98. The Labute approximate surface area is 84.4 Å². The van der Waals surface area contributed by atoms with Gasteiger partial charge in [0.15, 0.2) is 0 Å². The molecule has 2 amide bonds. The van der Waals surface area contributed by atoms with Crippen molar-refractivity contribution in [3.63, 3.8) is 0 Å². The van der Waals surface area contributed by atoms with E-state index in [1.807, 2.05) is 6.92 Å². The van der Waals surface area contributed by atoms with E-state index in [0.29, 0.717) is 19.5 Å². The largest absolute Gasteiger partial charge is 0.359 e. The lowest BCUT2D eigenvalue weighted by Gasteiger charge is -2.11. The molecule has 0 fully saturated rings. The van der Waals surface area contributed by atoms with Crippen LogP contribution in [-0.2, 0) is 9.59 Å². The Morgan fingerprint density at radius 1 is 1.43 bits per heavy atom. The summed E-state index contributed by atoms with van der Waals surface area (Å²) >= 11 is 0. The minimum absolute atomic E-state index is 0.0705. The van der Waals surface area contributed by atoms with Gasteiger partial charge in [0.1, 0.15) is 0 Å². The van der Waals surface area contributed by atoms with Crippen LogP contribution in [0.1, 0.15) is 19.8 Å². The first-order valence-corrected chi connectivity index (χ1v) is 4.84. The molecule has 0 aliphatic heterocycles. The summed E-state index contributed by atoms with van der Waals surface area (Å²) in [6.07, 6.45) is 1.03. The maximum absolute atomic E-state index is 11.4. The van der Waals surface area contributed by atoms with Gasteiger partial charge in [-0.1, -0.05) is 6.92 Å². The first-order chi connectivity index (χ1) is 6.65. The molecule has 0 bridgehead atoms. The average molecular weight is 201 g/mol. The van der Waals surface area contributed by atoms with Gasteiger partial charge in [0.2, 0.25) is 11.8 Å². The summed E-state index contributed by atoms with van der Waals surface area (Å²) in [5.74, 6) is -0.287. The molecule has 14 heavy (non-hydrogen) atoms. The molecular weight excluding hydrogens is 182 g/mol. The molecule has 0 aliphatic rings. The third-order valence-electron chi connectivity index (χ3n) is 2.08. The molecule has 0 saturated carbocycles. The van der Waals surface area contributed by atoms with Gasteiger partial charge < -0.3 is 16.4 Å². The highest BCUT2D eigenvalue weighted by molar-refractivity contribution is 5.80. The molecule has 4 N–H and O–H groups in total. The normalized spacial score (nSPS) is 11.9. The molecule has 0 aromatic rings. The van der Waals surface area contributed by atoms with E-state index in [9.17, 15) is 9.59 Å². The molecule has 1 atom stereocenters. The molecule has 5 heteroatoms. The zero-order valence-corrected chi connectivity index (χ0v) is 8.80. The molecule has 0 aromatic heterocycles. The van der Waals surface area contributed by atoms with Crippen LogP contribution >= 0.6 is 0 Å². The van der Waals surface area contributed by atoms with Gasteiger partial charge >= 0.3 is 0 Å². The Hall–Kier alpha value is -1.10. The molecule has 1 unspecified atom stereocenters. The van der Waals surface area contributed by atoms with E-state index >= 15 is 0 Å². The van der Waals surface area contributed by atoms with Gasteiger partial charge in [0, 0.05) is 32.5 Å². The van der Waals surface area contributed by atoms with Crippen molar-refractivity contribution < 1.29 is 9.59 Å². The zero-order valence-electron chi connectivity index (χ0n) is 8.80. The fraction of sp³-hybridized carbons (Fsp3) is 0.778. The number of amides is 2. The summed E-state index contributed by atoms with van der Waals surface area (Å²) in [6.45, 7) is 2.63. The summed E-state index contributed by atoms with van der Waals surface area (Å²) in [7, 11) is 1.57. The second-order valence-electron chi connectivity index (χ2n) is 3.06. The predicted molar refractivity (Wildman–Crippen MR) is 54.5 cm³/mol. The van der Waals surface area contributed by atoms with Crippen molar-refractivity contribution in [3.05, 3.63) is 0 Å². The van der Waals surface area contributed by atoms with Crippen LogP contribution in [0.3, 0.4) is 0 Å². The van der Waals surface area contributed by atoms with E-state index in [1.54, 1.807) is 7.05 Å². The molecule has 0 heterocycles. The number of rotatable bonds is 6. The van der Waals surface area contributed by atoms with Crippen LogP contribution in [0.4, 0.5) is 0 Å². The SMILES string of the molecule is CCC(CN)C(=O)NCCC(=O)NC. The lowest BCUT2D eigenvalue weighted by Crippen LogP contribution is -2.36. The van der Waals surface area contributed by atoms with Gasteiger partial charge in [0.05, 0.1) is 0 Å². The van der Waals surface area contributed by atoms with Crippen LogP contribution in [0.15, 0.2) is 0 Å². The highest BCUT2D eigenvalue weighted by atomic mass is 16.2. The van der Waals surface area contributed by atoms with Crippen LogP contribution in [-0.4, -0.2) is 32.0 Å². The van der Waals surface area contributed by atoms with Crippen molar-refractivity contribution in [2.75, 3.05) is 20.1 Å². The third-order valence-corrected chi connectivity index (χ3v) is 2.08. The Kier molecular flexibility index (Phi) is 6.74. The van der Waals surface area contributed by atoms with Gasteiger partial charge in [-0.15, -0.1) is 0 Å². The lowest BCUT2D eigenvalue weighted by atomic mass is 10.1. The Morgan fingerprint density at radius 2 is 2.07 bits per heavy atom. The van der Waals surface area contributed by atoms with E-state index in [2.05, 4.69) is 10.6 Å². The maximum atomic E-state index is 11.4. The standard InChI is InChI=1S/C9H19N3O2/c1-3-7(6-10)9(14)12-5-4-8(13)11-2/h7H,3-6,10H2,1-2H3,(H,11,13)(H,12,14). The van der Waals surface area contributed by atoms with Gasteiger partial charge in [0.25, 0.3) is 0 Å². The summed E-state index contributed by atoms with van der Waals surface area (Å²) < 4.78 is 0. The zero-order chi connectivity index (χ0) is 11.0. The molecule has 0 aromatic carbocycles. The number of hydrogen-bond donors (Lipinski definition) is 3. The molecule has 0 radical (unpaired) electrons. The van der Waals surface area contributed by atoms with Gasteiger partial charge in [-0.3, -0.25) is 9.59 Å². The van der Waals surface area contributed by atoms with E-state index in [4.69, 9.17) is 5.73 Å². The van der Waals surface area contributed by atoms with Gasteiger partial charge in [-0.25, -0.2) is 0 Å². The summed E-state index contributed by atoms with van der Waals surface area (Å²) in [6, 6.07) is 0. The van der Waals surface area contributed by atoms with Crippen LogP contribution in [0.25, 0.3) is 0 Å². The van der Waals surface area contributed by atoms with Crippen LogP contribution in [0, 0.1) is 5.92 Å². The van der Waals surface area contributed by atoms with E-state index in [0.717, 1.165) is 6.42 Å². The molecule has 82 valence electrons. The average Bonchev–Trinajstić information content (AvgIpc) is 2.19. The highest BCUT2D eigenvalue weighted by Gasteiger charge is 2.13. The number of carbonyl (C=O) groups is 2. The second kappa shape index (κ2) is 7.32. The summed E-state index contributed by atoms with van der Waals surface area (Å²) in [5, 5.41) is 5.15. The van der Waals surface area contributed by atoms with Crippen molar-refractivity contribution in [2.24, 2.45) is 11.7 Å². The molecule has 5 nitrogen and oxygen atoms in total. The van der Waals surface area contributed by atoms with Crippen LogP contribution < -0.4 is 16.4 Å². The summed E-state index contributed by atoms with van der Waals surface area (Å²) in [5.41, 5.74) is 5.40. The number of nitrogens with two attached hydrogens (primary N) is 1. The Balaban J connectivity index is 3.67. The quantitative estimate of drug-likeness (QED) is 0.527. The van der Waals surface area contributed by atoms with Crippen molar-refractivity contribution in [2.45, 2.75) is 19.8 Å². The molecular formula is C9H19N3O2. The first kappa shape index (κ1) is 12.9. The van der Waals surface area contributed by atoms with Gasteiger partial charge in [-0.05, 0) is 6.42 Å². The number of carbonyl (C=O) groups excluding carboxylic acids is 2. The molecule has 0 spiro atoms. The molecule has 0 saturated heterocycles. The first-order valence-electron chi connectivity index (χ1n) is 4.84. The topological polar surface area (TPSA) is 84.2 Å². The van der Waals surface area contributed by atoms with E-state index < -0.39 is 0 Å². The lowest BCUT2D eigenvalue weighted by molar-refractivity contribution is -0.125. The van der Waals surface area contributed by atoms with Crippen LogP contribution in [0.2, 0.25) is 0 Å². The third kappa shape index (κ3) is 4.81. The fourth-order valence-corrected chi connectivity index (χ4v) is 1.03. The minimum Gasteiger partial charge on any atom is -0.359 e. The summed E-state index contributed by atoms with van der Waals surface area (Å²) in [4.78, 5) is 22.2. The van der Waals surface area contributed by atoms with E-state index in [-0.39, 0.29) is 17.7 Å². The second-order valence-corrected chi connectivity index (χ2v) is 3.06. The minimum atomic E-state index is -0.139. The Morgan fingerprint density at radius 3 is 2.50 bits per heavy atom. The van der Waals surface area contributed by atoms with Gasteiger partial charge in [-0.2, -0.15) is 0 Å². The van der Waals surface area contributed by atoms with Crippen LogP contribution in [0.5, 0.6) is 0 Å². The monoisotopic (exact) mass is 201 g/mol. The molecule has 0 aliphatic carbocycles.